The Morgan fingerprint density at radius 1 is 1.50 bits per heavy atom. The van der Waals surface area contributed by atoms with Crippen LogP contribution in [0.4, 0.5) is 0 Å². The summed E-state index contributed by atoms with van der Waals surface area (Å²) in [5.41, 5.74) is 6.94. The fourth-order valence-corrected chi connectivity index (χ4v) is 3.15. The van der Waals surface area contributed by atoms with E-state index in [4.69, 9.17) is 10.5 Å². The molecule has 1 aliphatic carbocycles. The first-order chi connectivity index (χ1) is 10.6. The van der Waals surface area contributed by atoms with E-state index >= 15 is 0 Å². The number of carbonyl (C=O) groups excluding carboxylic acids is 1. The summed E-state index contributed by atoms with van der Waals surface area (Å²) in [6.07, 6.45) is 3.79. The van der Waals surface area contributed by atoms with Crippen LogP contribution in [0.1, 0.15) is 24.8 Å². The normalized spacial score (nSPS) is 17.0. The Balaban J connectivity index is 1.99. The molecule has 4 nitrogen and oxygen atoms in total. The van der Waals surface area contributed by atoms with Gasteiger partial charge in [0.15, 0.2) is 0 Å². The molecule has 2 rings (SSSR count). The molecule has 0 bridgehead atoms. The molecule has 0 saturated heterocycles. The van der Waals surface area contributed by atoms with Crippen molar-refractivity contribution in [3.05, 3.63) is 34.3 Å². The van der Waals surface area contributed by atoms with Crippen molar-refractivity contribution in [1.82, 2.24) is 5.32 Å². The highest BCUT2D eigenvalue weighted by molar-refractivity contribution is 9.10. The van der Waals surface area contributed by atoms with Gasteiger partial charge >= 0.3 is 0 Å². The third kappa shape index (κ3) is 5.38. The zero-order chi connectivity index (χ0) is 15.9. The number of rotatable bonds is 9. The average molecular weight is 369 g/mol. The molecule has 0 aromatic heterocycles. The van der Waals surface area contributed by atoms with Crippen LogP contribution in [0.25, 0.3) is 0 Å². The number of nitrogens with two attached hydrogens (primary N) is 1. The molecule has 1 aliphatic rings. The van der Waals surface area contributed by atoms with Gasteiger partial charge in [-0.25, -0.2) is 0 Å². The third-order valence-electron chi connectivity index (χ3n) is 4.18. The molecule has 1 fully saturated rings. The van der Waals surface area contributed by atoms with Crippen LogP contribution in [0.2, 0.25) is 0 Å². The van der Waals surface area contributed by atoms with Crippen molar-refractivity contribution in [2.45, 2.75) is 31.7 Å². The van der Waals surface area contributed by atoms with E-state index in [9.17, 15) is 4.79 Å². The van der Waals surface area contributed by atoms with Gasteiger partial charge in [0.25, 0.3) is 0 Å². The zero-order valence-corrected chi connectivity index (χ0v) is 14.6. The number of halogens is 1. The summed E-state index contributed by atoms with van der Waals surface area (Å²) in [4.78, 5) is 12.6. The Morgan fingerprint density at radius 2 is 2.27 bits per heavy atom. The molecule has 1 amide bonds. The van der Waals surface area contributed by atoms with Crippen molar-refractivity contribution < 1.29 is 9.53 Å². The van der Waals surface area contributed by atoms with Crippen LogP contribution in [0.5, 0.6) is 0 Å². The van der Waals surface area contributed by atoms with Gasteiger partial charge in [0.2, 0.25) is 5.91 Å². The predicted octanol–water partition coefficient (Wildman–Crippen LogP) is 2.50. The van der Waals surface area contributed by atoms with Gasteiger partial charge in [-0.05, 0) is 49.3 Å². The molecule has 122 valence electrons. The molecule has 3 N–H and O–H groups in total. The van der Waals surface area contributed by atoms with Crippen molar-refractivity contribution in [3.63, 3.8) is 0 Å². The lowest BCUT2D eigenvalue weighted by Gasteiger charge is -2.22. The van der Waals surface area contributed by atoms with Crippen LogP contribution >= 0.6 is 15.9 Å². The molecule has 5 heteroatoms. The molecule has 22 heavy (non-hydrogen) atoms. The van der Waals surface area contributed by atoms with Crippen molar-refractivity contribution in [2.24, 2.45) is 17.6 Å². The number of methoxy groups -OCH3 is 1. The number of nitrogens with one attached hydrogen (secondary N) is 1. The van der Waals surface area contributed by atoms with Gasteiger partial charge in [-0.1, -0.05) is 28.1 Å². The molecule has 0 radical (unpaired) electrons. The second kappa shape index (κ2) is 8.65. The molecular formula is C17H25BrN2O2. The fourth-order valence-electron chi connectivity index (χ4n) is 2.70. The second-order valence-electron chi connectivity index (χ2n) is 6.00. The maximum atomic E-state index is 12.6. The molecule has 0 aliphatic heterocycles. The van der Waals surface area contributed by atoms with Crippen LogP contribution in [0.3, 0.4) is 0 Å². The average Bonchev–Trinajstić information content (AvgIpc) is 3.33. The zero-order valence-electron chi connectivity index (χ0n) is 13.1. The molecule has 2 unspecified atom stereocenters. The highest BCUT2D eigenvalue weighted by atomic mass is 79.9. The first-order valence-electron chi connectivity index (χ1n) is 7.88. The largest absolute Gasteiger partial charge is 0.385 e. The van der Waals surface area contributed by atoms with Crippen LogP contribution in [-0.2, 0) is 16.0 Å². The summed E-state index contributed by atoms with van der Waals surface area (Å²) in [5.74, 6) is 0.587. The predicted molar refractivity (Wildman–Crippen MR) is 91.5 cm³/mol. The maximum Gasteiger partial charge on any atom is 0.223 e. The van der Waals surface area contributed by atoms with Gasteiger partial charge < -0.3 is 15.8 Å². The molecule has 2 atom stereocenters. The standard InChI is InChI=1S/C17H25BrN2O2/c1-22-8-7-14(9-12-3-2-4-15(18)10-12)17(21)20-16(11-19)13-5-6-13/h2-4,10,13-14,16H,5-9,11,19H2,1H3,(H,20,21). The van der Waals surface area contributed by atoms with E-state index < -0.39 is 0 Å². The number of benzene rings is 1. The second-order valence-corrected chi connectivity index (χ2v) is 6.92. The van der Waals surface area contributed by atoms with Crippen LogP contribution in [0, 0.1) is 11.8 Å². The van der Waals surface area contributed by atoms with Gasteiger partial charge in [-0.15, -0.1) is 0 Å². The summed E-state index contributed by atoms with van der Waals surface area (Å²) in [5, 5.41) is 3.14. The van der Waals surface area contributed by atoms with Crippen LogP contribution in [0.15, 0.2) is 28.7 Å². The molecular weight excluding hydrogens is 344 g/mol. The van der Waals surface area contributed by atoms with Gasteiger partial charge in [-0.3, -0.25) is 4.79 Å². The molecule has 1 aromatic carbocycles. The minimum Gasteiger partial charge on any atom is -0.385 e. The highest BCUT2D eigenvalue weighted by Gasteiger charge is 2.32. The number of amides is 1. The van der Waals surface area contributed by atoms with Crippen molar-refractivity contribution in [2.75, 3.05) is 20.3 Å². The number of hydrogen-bond acceptors (Lipinski definition) is 3. The van der Waals surface area contributed by atoms with Crippen molar-refractivity contribution in [3.8, 4) is 0 Å². The van der Waals surface area contributed by atoms with Gasteiger partial charge in [0.05, 0.1) is 0 Å². The fraction of sp³-hybridized carbons (Fsp3) is 0.588. The first-order valence-corrected chi connectivity index (χ1v) is 8.67. The minimum absolute atomic E-state index is 0.0814. The minimum atomic E-state index is -0.0814. The summed E-state index contributed by atoms with van der Waals surface area (Å²) >= 11 is 3.48. The third-order valence-corrected chi connectivity index (χ3v) is 4.68. The smallest absolute Gasteiger partial charge is 0.223 e. The van der Waals surface area contributed by atoms with E-state index in [1.54, 1.807) is 7.11 Å². The molecule has 0 spiro atoms. The Hall–Kier alpha value is -0.910. The lowest BCUT2D eigenvalue weighted by Crippen LogP contribution is -2.45. The summed E-state index contributed by atoms with van der Waals surface area (Å²) in [6.45, 7) is 1.10. The maximum absolute atomic E-state index is 12.6. The number of carbonyl (C=O) groups is 1. The van der Waals surface area contributed by atoms with Gasteiger partial charge in [-0.2, -0.15) is 0 Å². The van der Waals surface area contributed by atoms with Gasteiger partial charge in [0, 0.05) is 36.7 Å². The Bertz CT molecular complexity index is 491. The van der Waals surface area contributed by atoms with Gasteiger partial charge in [0.1, 0.15) is 0 Å². The SMILES string of the molecule is COCCC(Cc1cccc(Br)c1)C(=O)NC(CN)C1CC1. The number of ether oxygens (including phenoxy) is 1. The van der Waals surface area contributed by atoms with Crippen molar-refractivity contribution >= 4 is 21.8 Å². The topological polar surface area (TPSA) is 64.3 Å². The van der Waals surface area contributed by atoms with E-state index in [0.29, 0.717) is 19.1 Å². The molecule has 0 heterocycles. The lowest BCUT2D eigenvalue weighted by atomic mass is 9.95. The molecule has 1 saturated carbocycles. The first kappa shape index (κ1) is 17.4. The van der Waals surface area contributed by atoms with E-state index in [0.717, 1.165) is 22.9 Å². The Labute approximate surface area is 140 Å². The van der Waals surface area contributed by atoms with Crippen LogP contribution < -0.4 is 11.1 Å². The number of hydrogen-bond donors (Lipinski definition) is 2. The summed E-state index contributed by atoms with van der Waals surface area (Å²) in [6, 6.07) is 8.23. The monoisotopic (exact) mass is 368 g/mol. The van der Waals surface area contributed by atoms with E-state index in [2.05, 4.69) is 33.4 Å². The van der Waals surface area contributed by atoms with Crippen LogP contribution in [-0.4, -0.2) is 32.2 Å². The quantitative estimate of drug-likeness (QED) is 0.703. The van der Waals surface area contributed by atoms with E-state index in [1.165, 1.54) is 12.8 Å². The van der Waals surface area contributed by atoms with Crippen molar-refractivity contribution in [1.29, 1.82) is 0 Å². The van der Waals surface area contributed by atoms with E-state index in [1.807, 2.05) is 12.1 Å². The van der Waals surface area contributed by atoms with E-state index in [-0.39, 0.29) is 17.9 Å². The Kier molecular flexibility index (Phi) is 6.86. The summed E-state index contributed by atoms with van der Waals surface area (Å²) < 4.78 is 6.20. The lowest BCUT2D eigenvalue weighted by molar-refractivity contribution is -0.126. The molecule has 1 aromatic rings. The summed E-state index contributed by atoms with van der Waals surface area (Å²) in [7, 11) is 1.67. The highest BCUT2D eigenvalue weighted by Crippen LogP contribution is 2.32. The Morgan fingerprint density at radius 3 is 2.86 bits per heavy atom.